The minimum absolute atomic E-state index is 0.226. The number of unbranched alkanes of at least 4 members (excludes halogenated alkanes) is 6. The number of carboxylic acids is 1. The number of aliphatic hydroxyl groups is 1. The van der Waals surface area contributed by atoms with Crippen molar-refractivity contribution in [3.63, 3.8) is 0 Å². The number of phosphoric acid groups is 1. The zero-order valence-electron chi connectivity index (χ0n) is 23.2. The minimum Gasteiger partial charge on any atom is -0.480 e. The largest absolute Gasteiger partial charge is 0.480 e. The van der Waals surface area contributed by atoms with Crippen LogP contribution in [0.3, 0.4) is 0 Å². The second-order valence-electron chi connectivity index (χ2n) is 9.00. The molecule has 0 aromatic carbocycles. The Kier molecular flexibility index (Phi) is 23.6. The molecule has 0 spiro atoms. The molecule has 0 heterocycles. The average Bonchev–Trinajstić information content (AvgIpc) is 2.90. The van der Waals surface area contributed by atoms with Gasteiger partial charge in [-0.15, -0.1) is 0 Å². The first kappa shape index (κ1) is 36.9. The topological polar surface area (TPSA) is 166 Å². The van der Waals surface area contributed by atoms with Gasteiger partial charge in [-0.2, -0.15) is 0 Å². The lowest BCUT2D eigenvalue weighted by Gasteiger charge is -2.16. The van der Waals surface area contributed by atoms with Gasteiger partial charge in [-0.3, -0.25) is 18.6 Å². The van der Waals surface area contributed by atoms with Gasteiger partial charge in [-0.05, 0) is 44.9 Å². The number of rotatable bonds is 25. The number of ether oxygens (including phenoxy) is 1. The summed E-state index contributed by atoms with van der Waals surface area (Å²) in [6.07, 6.45) is 27.6. The van der Waals surface area contributed by atoms with E-state index in [4.69, 9.17) is 15.6 Å². The van der Waals surface area contributed by atoms with Crippen molar-refractivity contribution >= 4 is 19.8 Å². The van der Waals surface area contributed by atoms with Gasteiger partial charge in [0.15, 0.2) is 0 Å². The molecule has 0 aromatic heterocycles. The van der Waals surface area contributed by atoms with Crippen LogP contribution in [0.15, 0.2) is 48.6 Å². The van der Waals surface area contributed by atoms with Crippen molar-refractivity contribution in [1.82, 2.24) is 0 Å². The van der Waals surface area contributed by atoms with Crippen molar-refractivity contribution in [1.29, 1.82) is 0 Å². The molecule has 0 aliphatic carbocycles. The molecule has 10 nitrogen and oxygen atoms in total. The summed E-state index contributed by atoms with van der Waals surface area (Å²) in [6, 6.07) is -1.49. The highest BCUT2D eigenvalue weighted by Crippen LogP contribution is 2.43. The molecule has 0 rings (SSSR count). The molecule has 39 heavy (non-hydrogen) atoms. The molecule has 0 radical (unpaired) electrons. The highest BCUT2D eigenvalue weighted by Gasteiger charge is 2.26. The third kappa shape index (κ3) is 25.9. The van der Waals surface area contributed by atoms with Gasteiger partial charge in [0, 0.05) is 6.42 Å². The monoisotopic (exact) mass is 573 g/mol. The number of allylic oxidation sites excluding steroid dienone is 8. The Labute approximate surface area is 233 Å². The molecule has 0 fully saturated rings. The third-order valence-corrected chi connectivity index (χ3v) is 6.27. The lowest BCUT2D eigenvalue weighted by atomic mass is 10.1. The van der Waals surface area contributed by atoms with E-state index in [2.05, 4.69) is 64.6 Å². The van der Waals surface area contributed by atoms with E-state index >= 15 is 0 Å². The van der Waals surface area contributed by atoms with Crippen LogP contribution in [0.25, 0.3) is 0 Å². The maximum Gasteiger partial charge on any atom is 0.472 e. The Morgan fingerprint density at radius 3 is 1.90 bits per heavy atom. The summed E-state index contributed by atoms with van der Waals surface area (Å²) in [5.41, 5.74) is 5.16. The summed E-state index contributed by atoms with van der Waals surface area (Å²) in [5.74, 6) is -1.87. The Morgan fingerprint density at radius 2 is 1.31 bits per heavy atom. The standard InChI is InChI=1S/C28H48NO9P/c1-2-3-4-5-6-7-8-9-10-11-12-13-14-15-16-17-18-19-20-21-27(31)36-22-25(30)23-37-39(34,35)38-24-26(29)28(32)33/h3-4,6-7,9-10,12-13,25-26,30H,2,5,8,11,14-24,29H2,1H3,(H,32,33)(H,34,35)/b4-3-,7-6-,10-9-,13-12-. The third-order valence-electron chi connectivity index (χ3n) is 5.32. The fourth-order valence-electron chi connectivity index (χ4n) is 3.11. The molecule has 3 unspecified atom stereocenters. The maximum atomic E-state index is 11.8. The summed E-state index contributed by atoms with van der Waals surface area (Å²) in [5, 5.41) is 18.3. The number of aliphatic carboxylic acids is 1. The van der Waals surface area contributed by atoms with Crippen LogP contribution in [0.5, 0.6) is 0 Å². The SMILES string of the molecule is CC/C=C\C/C=C\C/C=C\C/C=C\CCCCCCCCC(=O)OCC(O)COP(=O)(O)OCC(N)C(=O)O. The second-order valence-corrected chi connectivity index (χ2v) is 10.5. The molecular weight excluding hydrogens is 525 g/mol. The summed E-state index contributed by atoms with van der Waals surface area (Å²) in [4.78, 5) is 31.8. The number of carbonyl (C=O) groups excluding carboxylic acids is 1. The fraction of sp³-hybridized carbons (Fsp3) is 0.643. The first-order valence-corrected chi connectivity index (χ1v) is 15.2. The fourth-order valence-corrected chi connectivity index (χ4v) is 3.89. The first-order valence-electron chi connectivity index (χ1n) is 13.7. The Morgan fingerprint density at radius 1 is 0.795 bits per heavy atom. The van der Waals surface area contributed by atoms with Crippen LogP contribution in [0.1, 0.15) is 84.0 Å². The molecule has 0 amide bonds. The van der Waals surface area contributed by atoms with Crippen molar-refractivity contribution < 1.29 is 43.0 Å². The number of nitrogens with two attached hydrogens (primary N) is 1. The zero-order chi connectivity index (χ0) is 29.2. The van der Waals surface area contributed by atoms with Crippen LogP contribution >= 0.6 is 7.82 Å². The number of aliphatic hydroxyl groups excluding tert-OH is 1. The van der Waals surface area contributed by atoms with Gasteiger partial charge in [0.2, 0.25) is 0 Å². The van der Waals surface area contributed by atoms with Gasteiger partial charge in [0.1, 0.15) is 18.8 Å². The molecule has 224 valence electrons. The second kappa shape index (κ2) is 24.9. The van der Waals surface area contributed by atoms with E-state index < -0.39 is 51.7 Å². The Balaban J connectivity index is 3.64. The summed E-state index contributed by atoms with van der Waals surface area (Å²) in [6.45, 7) is 0.365. The summed E-state index contributed by atoms with van der Waals surface area (Å²) in [7, 11) is -4.59. The van der Waals surface area contributed by atoms with Crippen molar-refractivity contribution in [2.75, 3.05) is 19.8 Å². The average molecular weight is 574 g/mol. The number of phosphoric ester groups is 1. The molecule has 0 bridgehead atoms. The highest BCUT2D eigenvalue weighted by atomic mass is 31.2. The predicted molar refractivity (Wildman–Crippen MR) is 152 cm³/mol. The summed E-state index contributed by atoms with van der Waals surface area (Å²) < 4.78 is 25.5. The lowest BCUT2D eigenvalue weighted by molar-refractivity contribution is -0.147. The molecule has 0 aliphatic heterocycles. The van der Waals surface area contributed by atoms with Gasteiger partial charge in [0.25, 0.3) is 0 Å². The van der Waals surface area contributed by atoms with Crippen LogP contribution in [0.4, 0.5) is 0 Å². The van der Waals surface area contributed by atoms with Gasteiger partial charge >= 0.3 is 19.8 Å². The zero-order valence-corrected chi connectivity index (χ0v) is 24.1. The first-order chi connectivity index (χ1) is 18.7. The van der Waals surface area contributed by atoms with Gasteiger partial charge in [0.05, 0.1) is 13.2 Å². The molecule has 5 N–H and O–H groups in total. The normalized spacial score (nSPS) is 15.4. The minimum atomic E-state index is -4.59. The number of hydrogen-bond acceptors (Lipinski definition) is 8. The smallest absolute Gasteiger partial charge is 0.472 e. The Hall–Kier alpha value is -2.07. The number of hydrogen-bond donors (Lipinski definition) is 4. The predicted octanol–water partition coefficient (Wildman–Crippen LogP) is 5.36. The van der Waals surface area contributed by atoms with Crippen LogP contribution in [-0.4, -0.2) is 59.0 Å². The number of esters is 1. The van der Waals surface area contributed by atoms with E-state index in [9.17, 15) is 24.2 Å². The van der Waals surface area contributed by atoms with Crippen LogP contribution in [-0.2, 0) is 27.9 Å². The maximum absolute atomic E-state index is 11.8. The van der Waals surface area contributed by atoms with Gasteiger partial charge < -0.3 is 25.6 Å². The lowest BCUT2D eigenvalue weighted by Crippen LogP contribution is -2.34. The Bertz CT molecular complexity index is 811. The van der Waals surface area contributed by atoms with Crippen molar-refractivity contribution in [2.24, 2.45) is 5.73 Å². The van der Waals surface area contributed by atoms with Crippen molar-refractivity contribution in [3.8, 4) is 0 Å². The molecule has 0 aromatic rings. The van der Waals surface area contributed by atoms with E-state index in [1.807, 2.05) is 0 Å². The highest BCUT2D eigenvalue weighted by molar-refractivity contribution is 7.47. The molecule has 11 heteroatoms. The van der Waals surface area contributed by atoms with Crippen LogP contribution < -0.4 is 5.73 Å². The molecule has 3 atom stereocenters. The van der Waals surface area contributed by atoms with E-state index in [1.54, 1.807) is 0 Å². The van der Waals surface area contributed by atoms with E-state index in [-0.39, 0.29) is 6.42 Å². The van der Waals surface area contributed by atoms with Crippen molar-refractivity contribution in [2.45, 2.75) is 96.1 Å². The summed E-state index contributed by atoms with van der Waals surface area (Å²) >= 11 is 0. The molecule has 0 aliphatic rings. The van der Waals surface area contributed by atoms with Gasteiger partial charge in [-0.25, -0.2) is 4.57 Å². The number of carboxylic acid groups (broad SMARTS) is 1. The quantitative estimate of drug-likeness (QED) is 0.0483. The van der Waals surface area contributed by atoms with E-state index in [0.717, 1.165) is 64.2 Å². The van der Waals surface area contributed by atoms with Crippen LogP contribution in [0, 0.1) is 0 Å². The molecule has 0 saturated carbocycles. The van der Waals surface area contributed by atoms with E-state index in [1.165, 1.54) is 0 Å². The van der Waals surface area contributed by atoms with Crippen LogP contribution in [0.2, 0.25) is 0 Å². The molecule has 0 saturated heterocycles. The number of carbonyl (C=O) groups is 2. The van der Waals surface area contributed by atoms with Crippen molar-refractivity contribution in [3.05, 3.63) is 48.6 Å². The van der Waals surface area contributed by atoms with E-state index in [0.29, 0.717) is 6.42 Å². The molecular formula is C28H48NO9P. The van der Waals surface area contributed by atoms with Gasteiger partial charge in [-0.1, -0.05) is 81.2 Å².